The fourth-order valence-corrected chi connectivity index (χ4v) is 11.6. The van der Waals surface area contributed by atoms with Crippen molar-refractivity contribution < 1.29 is 57.8 Å². The number of hydrogen-bond acceptors (Lipinski definition) is 14. The van der Waals surface area contributed by atoms with E-state index < -0.39 is 72.3 Å². The predicted molar refractivity (Wildman–Crippen MR) is 232 cm³/mol. The van der Waals surface area contributed by atoms with Gasteiger partial charge in [0, 0.05) is 38.4 Å². The summed E-state index contributed by atoms with van der Waals surface area (Å²) in [6.07, 6.45) is 8.26. The first-order valence-electron chi connectivity index (χ1n) is 22.5. The number of hydrogen-bond donors (Lipinski definition) is 5. The molecule has 1 aromatic rings. The minimum atomic E-state index is -3.92. The molecule has 64 heavy (non-hydrogen) atoms. The number of amides is 1. The van der Waals surface area contributed by atoms with Gasteiger partial charge in [0.1, 0.15) is 30.9 Å². The third-order valence-corrected chi connectivity index (χ3v) is 15.6. The van der Waals surface area contributed by atoms with E-state index in [9.17, 15) is 48.4 Å². The molecule has 0 radical (unpaired) electrons. The van der Waals surface area contributed by atoms with Crippen LogP contribution in [0, 0.1) is 29.1 Å². The molecular weight excluding hydrogens is 855 g/mol. The Balaban J connectivity index is 0.842. The van der Waals surface area contributed by atoms with Crippen LogP contribution in [0.3, 0.4) is 0 Å². The van der Waals surface area contributed by atoms with Crippen LogP contribution in [0.2, 0.25) is 0 Å². The van der Waals surface area contributed by atoms with Gasteiger partial charge in [-0.3, -0.25) is 19.0 Å². The van der Waals surface area contributed by atoms with Gasteiger partial charge in [0.25, 0.3) is 0 Å². The lowest BCUT2D eigenvalue weighted by atomic mass is 9.61. The number of aliphatic hydroxyl groups is 4. The van der Waals surface area contributed by atoms with Gasteiger partial charge in [0.15, 0.2) is 6.10 Å². The molecule has 6 aliphatic rings. The van der Waals surface area contributed by atoms with Gasteiger partial charge in [-0.25, -0.2) is 4.79 Å². The van der Waals surface area contributed by atoms with E-state index in [4.69, 9.17) is 19.9 Å². The molecule has 352 valence electrons. The number of ether oxygens (including phenoxy) is 3. The van der Waals surface area contributed by atoms with Gasteiger partial charge in [0.2, 0.25) is 12.1 Å². The van der Waals surface area contributed by atoms with E-state index in [2.05, 4.69) is 37.6 Å². The first-order valence-corrected chi connectivity index (χ1v) is 23.6. The molecule has 0 bridgehead atoms. The summed E-state index contributed by atoms with van der Waals surface area (Å²) in [5.74, 6) is -4.21. The van der Waals surface area contributed by atoms with Crippen molar-refractivity contribution in [3.05, 3.63) is 70.3 Å². The van der Waals surface area contributed by atoms with E-state index in [1.54, 1.807) is 0 Å². The van der Waals surface area contributed by atoms with Crippen LogP contribution in [0.5, 0.6) is 0 Å². The number of alkyl halides is 2. The molecule has 2 saturated heterocycles. The van der Waals surface area contributed by atoms with E-state index in [1.165, 1.54) is 16.9 Å². The number of halogens is 2. The van der Waals surface area contributed by atoms with Gasteiger partial charge < -0.3 is 45.3 Å². The number of nitrogen functional groups attached to an aromatic ring is 1. The maximum Gasteiger partial charge on any atom is 0.351 e. The molecule has 18 heteroatoms. The molecule has 1 aromatic heterocycles. The summed E-state index contributed by atoms with van der Waals surface area (Å²) < 4.78 is 46.2. The third-order valence-electron chi connectivity index (χ3n) is 14.4. The molecular formula is C46H62F2N4O11S. The number of nitrogens with zero attached hydrogens (tertiary/aromatic N) is 3. The van der Waals surface area contributed by atoms with Crippen LogP contribution in [-0.2, 0) is 28.6 Å². The Kier molecular flexibility index (Phi) is 14.9. The molecule has 0 spiro atoms. The van der Waals surface area contributed by atoms with Gasteiger partial charge in [-0.05, 0) is 97.7 Å². The van der Waals surface area contributed by atoms with Crippen molar-refractivity contribution in [2.45, 2.75) is 145 Å². The molecule has 6 fully saturated rings. The van der Waals surface area contributed by atoms with E-state index in [0.29, 0.717) is 40.2 Å². The number of aromatic nitrogens is 2. The maximum atomic E-state index is 14.8. The fraction of sp³-hybridized carbons (Fsp3) is 0.674. The second-order valence-corrected chi connectivity index (χ2v) is 20.0. The van der Waals surface area contributed by atoms with Gasteiger partial charge in [-0.15, -0.1) is 11.8 Å². The van der Waals surface area contributed by atoms with Crippen molar-refractivity contribution in [2.75, 3.05) is 24.6 Å². The topological polar surface area (TPSA) is 224 Å². The lowest BCUT2D eigenvalue weighted by molar-refractivity contribution is -0.151. The third kappa shape index (κ3) is 10.5. The largest absolute Gasteiger partial charge is 0.463 e. The predicted octanol–water partition coefficient (Wildman–Crippen LogP) is 4.35. The van der Waals surface area contributed by atoms with Crippen LogP contribution in [-0.4, -0.2) is 120 Å². The van der Waals surface area contributed by atoms with Gasteiger partial charge in [-0.2, -0.15) is 13.8 Å². The molecule has 6 N–H and O–H groups in total. The number of thioether (sulfide) groups is 1. The number of carbonyl (C=O) groups excluding carboxylic acids is 3. The van der Waals surface area contributed by atoms with Gasteiger partial charge in [-0.1, -0.05) is 50.3 Å². The number of fused-ring (bicyclic) bond motifs is 1. The van der Waals surface area contributed by atoms with Gasteiger partial charge >= 0.3 is 23.6 Å². The number of nitrogens with two attached hydrogens (primary N) is 1. The summed E-state index contributed by atoms with van der Waals surface area (Å²) in [6, 6.07) is 1.12. The minimum absolute atomic E-state index is 0.0239. The zero-order valence-electron chi connectivity index (χ0n) is 36.4. The summed E-state index contributed by atoms with van der Waals surface area (Å²) >= 11 is 1.08. The first kappa shape index (κ1) is 48.0. The highest BCUT2D eigenvalue weighted by atomic mass is 32.2. The van der Waals surface area contributed by atoms with Crippen molar-refractivity contribution in [3.8, 4) is 0 Å². The smallest absolute Gasteiger partial charge is 0.351 e. The number of allylic oxidation sites excluding steroid dienone is 4. The lowest BCUT2D eigenvalue weighted by Crippen LogP contribution is -2.42. The highest BCUT2D eigenvalue weighted by Crippen LogP contribution is 2.59. The van der Waals surface area contributed by atoms with Gasteiger partial charge in [0.05, 0.1) is 23.2 Å². The Labute approximate surface area is 375 Å². The standard InChI is InChI=1S/C46H62F2N4O11S/c1-25(8-15-33(53)28-10-11-28)31-13-14-32-27(6-4-17-45(31,32)3)9-12-29-20-30(21-34(54)26(29)2)62-40(57)24-64-36-22-38(55)51(42(36)59)18-5-7-39(56)61-23-35-41(58)46(47,48)43(63-35)52-19-16-37(49)50-44(52)60/h8-9,12,15-16,19,25,28,30-36,41-43,53-54,58-59H,2,4-7,10-11,13-14,17-18,20-24H2,1,3H3,(H2,49,50,60)/b15-8+,27-9+,29-12-/t25-,30?,31+,32?,33?,34-,35?,36?,41?,42?,43?,45+/m0/s1. The van der Waals surface area contributed by atoms with Crippen LogP contribution in [0.1, 0.15) is 97.1 Å². The second-order valence-electron chi connectivity index (χ2n) is 18.7. The van der Waals surface area contributed by atoms with Crippen molar-refractivity contribution in [1.29, 1.82) is 0 Å². The normalized spacial score (nSPS) is 35.0. The highest BCUT2D eigenvalue weighted by Gasteiger charge is 2.60. The fourth-order valence-electron chi connectivity index (χ4n) is 10.6. The van der Waals surface area contributed by atoms with Crippen molar-refractivity contribution in [2.24, 2.45) is 29.1 Å². The molecule has 12 atom stereocenters. The van der Waals surface area contributed by atoms with Crippen molar-refractivity contribution in [1.82, 2.24) is 14.5 Å². The molecule has 8 unspecified atom stereocenters. The first-order chi connectivity index (χ1) is 30.4. The molecule has 4 aliphatic carbocycles. The number of carbonyl (C=O) groups is 3. The summed E-state index contributed by atoms with van der Waals surface area (Å²) in [7, 11) is 0. The Morgan fingerprint density at radius 3 is 2.62 bits per heavy atom. The number of anilines is 1. The lowest BCUT2D eigenvalue weighted by Gasteiger charge is -2.44. The molecule has 1 amide bonds. The van der Waals surface area contributed by atoms with Crippen LogP contribution >= 0.6 is 11.8 Å². The Hall–Kier alpha value is -3.94. The monoisotopic (exact) mass is 916 g/mol. The van der Waals surface area contributed by atoms with E-state index in [-0.39, 0.29) is 61.2 Å². The molecule has 7 rings (SSSR count). The second kappa shape index (κ2) is 19.9. The summed E-state index contributed by atoms with van der Waals surface area (Å²) in [5, 5.41) is 41.8. The maximum absolute atomic E-state index is 14.8. The quantitative estimate of drug-likeness (QED) is 0.115. The van der Waals surface area contributed by atoms with Crippen molar-refractivity contribution >= 4 is 35.4 Å². The van der Waals surface area contributed by atoms with E-state index >= 15 is 0 Å². The van der Waals surface area contributed by atoms with E-state index in [1.807, 2.05) is 12.2 Å². The average molecular weight is 917 g/mol. The number of aliphatic hydroxyl groups excluding tert-OH is 4. The van der Waals surface area contributed by atoms with Crippen LogP contribution in [0.15, 0.2) is 64.7 Å². The highest BCUT2D eigenvalue weighted by molar-refractivity contribution is 8.00. The SMILES string of the molecule is C=C1/C(=C\C=C2/CCC[C@@]3(C)C2CC[C@@H]3[C@@H](C)/C=C/C(O)C2CC2)CC(OC(=O)CSC2CC(=O)N(CCCC(=O)OCC3OC(n4ccc(N)nc4=O)C(F)(F)C3O)C2O)C[C@@H]1O. The minimum Gasteiger partial charge on any atom is -0.463 e. The van der Waals surface area contributed by atoms with Crippen LogP contribution in [0.25, 0.3) is 0 Å². The van der Waals surface area contributed by atoms with E-state index in [0.717, 1.165) is 68.1 Å². The average Bonchev–Trinajstić information content (AvgIpc) is 3.93. The number of rotatable bonds is 16. The summed E-state index contributed by atoms with van der Waals surface area (Å²) in [6.45, 7) is 8.09. The molecule has 3 heterocycles. The number of esters is 2. The zero-order chi connectivity index (χ0) is 46.1. The summed E-state index contributed by atoms with van der Waals surface area (Å²) in [5.41, 5.74) is 7.33. The van der Waals surface area contributed by atoms with Crippen LogP contribution < -0.4 is 11.4 Å². The number of likely N-dealkylation sites (tertiary alicyclic amines) is 1. The van der Waals surface area contributed by atoms with Crippen LogP contribution in [0.4, 0.5) is 14.6 Å². The van der Waals surface area contributed by atoms with Crippen molar-refractivity contribution in [3.63, 3.8) is 0 Å². The molecule has 0 aromatic carbocycles. The molecule has 4 saturated carbocycles. The zero-order valence-corrected chi connectivity index (χ0v) is 37.3. The molecule has 2 aliphatic heterocycles. The molecule has 15 nitrogen and oxygen atoms in total. The Morgan fingerprint density at radius 2 is 1.89 bits per heavy atom. The summed E-state index contributed by atoms with van der Waals surface area (Å²) in [4.78, 5) is 55.0. The Bertz CT molecular complexity index is 2080. The Morgan fingerprint density at radius 1 is 1.12 bits per heavy atom.